The molecule has 0 aliphatic carbocycles. The Balaban J connectivity index is 1.75. The maximum Gasteiger partial charge on any atom is 0.227 e. The van der Waals surface area contributed by atoms with Crippen molar-refractivity contribution < 1.29 is 14.3 Å². The molecule has 4 heteroatoms. The fourth-order valence-corrected chi connectivity index (χ4v) is 3.02. The quantitative estimate of drug-likeness (QED) is 0.795. The zero-order chi connectivity index (χ0) is 14.1. The standard InChI is InChI=1S/C16H19NO3/c1-11-14(8-10-20-11)16(19)12-4-6-13(7-5-12)17-9-2-3-15(17)18/h4-7,11,14H,2-3,8-10H2,1H3. The third-order valence-electron chi connectivity index (χ3n) is 4.25. The van der Waals surface area contributed by atoms with Gasteiger partial charge in [-0.3, -0.25) is 9.59 Å². The molecule has 2 unspecified atom stereocenters. The molecule has 4 nitrogen and oxygen atoms in total. The van der Waals surface area contributed by atoms with Crippen molar-refractivity contribution >= 4 is 17.4 Å². The summed E-state index contributed by atoms with van der Waals surface area (Å²) < 4.78 is 5.45. The lowest BCUT2D eigenvalue weighted by Crippen LogP contribution is -2.24. The molecule has 0 N–H and O–H groups in total. The molecule has 2 atom stereocenters. The average Bonchev–Trinajstić information content (AvgIpc) is 3.07. The summed E-state index contributed by atoms with van der Waals surface area (Å²) in [5, 5.41) is 0. The SMILES string of the molecule is CC1OCCC1C(=O)c1ccc(N2CCCC2=O)cc1. The number of carbonyl (C=O) groups is 2. The molecule has 2 aliphatic heterocycles. The van der Waals surface area contributed by atoms with Gasteiger partial charge < -0.3 is 9.64 Å². The Bertz CT molecular complexity index is 523. The Morgan fingerprint density at radius 3 is 2.60 bits per heavy atom. The van der Waals surface area contributed by atoms with Crippen molar-refractivity contribution in [1.29, 1.82) is 0 Å². The number of rotatable bonds is 3. The highest BCUT2D eigenvalue weighted by molar-refractivity contribution is 6.00. The number of ketones is 1. The lowest BCUT2D eigenvalue weighted by atomic mass is 9.92. The van der Waals surface area contributed by atoms with Gasteiger partial charge in [-0.05, 0) is 44.0 Å². The van der Waals surface area contributed by atoms with Gasteiger partial charge in [-0.2, -0.15) is 0 Å². The molecular formula is C16H19NO3. The van der Waals surface area contributed by atoms with Crippen LogP contribution in [0.2, 0.25) is 0 Å². The lowest BCUT2D eigenvalue weighted by Gasteiger charge is -2.17. The Morgan fingerprint density at radius 1 is 1.30 bits per heavy atom. The minimum Gasteiger partial charge on any atom is -0.378 e. The maximum absolute atomic E-state index is 12.4. The van der Waals surface area contributed by atoms with Gasteiger partial charge in [-0.15, -0.1) is 0 Å². The van der Waals surface area contributed by atoms with Gasteiger partial charge in [-0.1, -0.05) is 0 Å². The number of ether oxygens (including phenoxy) is 1. The van der Waals surface area contributed by atoms with Crippen LogP contribution in [-0.2, 0) is 9.53 Å². The highest BCUT2D eigenvalue weighted by atomic mass is 16.5. The Hall–Kier alpha value is -1.68. The van der Waals surface area contributed by atoms with Crippen LogP contribution in [0.3, 0.4) is 0 Å². The average molecular weight is 273 g/mol. The second kappa shape index (κ2) is 5.37. The van der Waals surface area contributed by atoms with Gasteiger partial charge in [0.1, 0.15) is 0 Å². The summed E-state index contributed by atoms with van der Waals surface area (Å²) in [4.78, 5) is 25.9. The van der Waals surface area contributed by atoms with Crippen molar-refractivity contribution in [1.82, 2.24) is 0 Å². The van der Waals surface area contributed by atoms with E-state index in [1.807, 2.05) is 31.2 Å². The molecule has 0 radical (unpaired) electrons. The fraction of sp³-hybridized carbons (Fsp3) is 0.500. The van der Waals surface area contributed by atoms with Crippen molar-refractivity contribution in [3.8, 4) is 0 Å². The van der Waals surface area contributed by atoms with Crippen LogP contribution in [0.5, 0.6) is 0 Å². The van der Waals surface area contributed by atoms with Gasteiger partial charge in [0.15, 0.2) is 5.78 Å². The second-order valence-corrected chi connectivity index (χ2v) is 5.53. The highest BCUT2D eigenvalue weighted by Gasteiger charge is 2.31. The topological polar surface area (TPSA) is 46.6 Å². The van der Waals surface area contributed by atoms with Gasteiger partial charge >= 0.3 is 0 Å². The van der Waals surface area contributed by atoms with Crippen molar-refractivity contribution in [2.24, 2.45) is 5.92 Å². The molecule has 0 bridgehead atoms. The Morgan fingerprint density at radius 2 is 2.05 bits per heavy atom. The normalized spacial score (nSPS) is 26.2. The van der Waals surface area contributed by atoms with Crippen LogP contribution >= 0.6 is 0 Å². The number of carbonyl (C=O) groups excluding carboxylic acids is 2. The van der Waals surface area contributed by atoms with Crippen molar-refractivity contribution in [2.45, 2.75) is 32.3 Å². The van der Waals surface area contributed by atoms with Crippen LogP contribution < -0.4 is 4.90 Å². The molecule has 2 fully saturated rings. The van der Waals surface area contributed by atoms with E-state index >= 15 is 0 Å². The van der Waals surface area contributed by atoms with E-state index in [4.69, 9.17) is 4.74 Å². The number of hydrogen-bond acceptors (Lipinski definition) is 3. The second-order valence-electron chi connectivity index (χ2n) is 5.53. The molecule has 2 aliphatic rings. The number of hydrogen-bond donors (Lipinski definition) is 0. The lowest BCUT2D eigenvalue weighted by molar-refractivity contribution is -0.117. The monoisotopic (exact) mass is 273 g/mol. The first kappa shape index (κ1) is 13.3. The van der Waals surface area contributed by atoms with Gasteiger partial charge in [0, 0.05) is 30.8 Å². The van der Waals surface area contributed by atoms with E-state index in [1.165, 1.54) is 0 Å². The molecule has 0 saturated carbocycles. The molecule has 1 amide bonds. The fourth-order valence-electron chi connectivity index (χ4n) is 3.02. The van der Waals surface area contributed by atoms with Crippen molar-refractivity contribution in [3.05, 3.63) is 29.8 Å². The van der Waals surface area contributed by atoms with E-state index in [0.717, 1.165) is 25.1 Å². The minimum absolute atomic E-state index is 0.00216. The van der Waals surface area contributed by atoms with E-state index in [-0.39, 0.29) is 23.7 Å². The van der Waals surface area contributed by atoms with Gasteiger partial charge in [-0.25, -0.2) is 0 Å². The summed E-state index contributed by atoms with van der Waals surface area (Å²) in [6, 6.07) is 7.40. The summed E-state index contributed by atoms with van der Waals surface area (Å²) in [6.45, 7) is 3.39. The molecule has 0 spiro atoms. The summed E-state index contributed by atoms with van der Waals surface area (Å²) in [5.74, 6) is 0.283. The van der Waals surface area contributed by atoms with E-state index < -0.39 is 0 Å². The summed E-state index contributed by atoms with van der Waals surface area (Å²) in [5.41, 5.74) is 1.60. The number of nitrogens with zero attached hydrogens (tertiary/aromatic N) is 1. The highest BCUT2D eigenvalue weighted by Crippen LogP contribution is 2.26. The van der Waals surface area contributed by atoms with E-state index in [1.54, 1.807) is 4.90 Å². The summed E-state index contributed by atoms with van der Waals surface area (Å²) >= 11 is 0. The maximum atomic E-state index is 12.4. The minimum atomic E-state index is -0.0331. The first-order chi connectivity index (χ1) is 9.66. The van der Waals surface area contributed by atoms with Crippen LogP contribution in [0.15, 0.2) is 24.3 Å². The summed E-state index contributed by atoms with van der Waals surface area (Å²) in [7, 11) is 0. The van der Waals surface area contributed by atoms with Crippen LogP contribution in [0, 0.1) is 5.92 Å². The predicted octanol–water partition coefficient (Wildman–Crippen LogP) is 2.42. The van der Waals surface area contributed by atoms with Crippen molar-refractivity contribution in [3.63, 3.8) is 0 Å². The van der Waals surface area contributed by atoms with Crippen molar-refractivity contribution in [2.75, 3.05) is 18.1 Å². The zero-order valence-corrected chi connectivity index (χ0v) is 11.7. The Kier molecular flexibility index (Phi) is 3.57. The van der Waals surface area contributed by atoms with Gasteiger partial charge in [0.05, 0.1) is 12.0 Å². The third-order valence-corrected chi connectivity index (χ3v) is 4.25. The molecule has 20 heavy (non-hydrogen) atoms. The molecule has 0 aromatic heterocycles. The van der Waals surface area contributed by atoms with Gasteiger partial charge in [0.25, 0.3) is 0 Å². The van der Waals surface area contributed by atoms with E-state index in [9.17, 15) is 9.59 Å². The molecule has 2 saturated heterocycles. The van der Waals surface area contributed by atoms with Crippen LogP contribution in [0.4, 0.5) is 5.69 Å². The van der Waals surface area contributed by atoms with Crippen LogP contribution in [-0.4, -0.2) is 30.9 Å². The zero-order valence-electron chi connectivity index (χ0n) is 11.7. The number of anilines is 1. The van der Waals surface area contributed by atoms with E-state index in [0.29, 0.717) is 18.6 Å². The first-order valence-electron chi connectivity index (χ1n) is 7.23. The molecule has 2 heterocycles. The number of amides is 1. The first-order valence-corrected chi connectivity index (χ1v) is 7.23. The van der Waals surface area contributed by atoms with Crippen LogP contribution in [0.25, 0.3) is 0 Å². The van der Waals surface area contributed by atoms with Crippen LogP contribution in [0.1, 0.15) is 36.5 Å². The Labute approximate surface area is 118 Å². The predicted molar refractivity (Wildman–Crippen MR) is 75.9 cm³/mol. The molecule has 1 aromatic carbocycles. The third kappa shape index (κ3) is 2.36. The molecule has 3 rings (SSSR count). The summed E-state index contributed by atoms with van der Waals surface area (Å²) in [6.07, 6.45) is 2.34. The number of benzene rings is 1. The number of Topliss-reactive ketones (excluding diaryl/α,β-unsaturated/α-hetero) is 1. The molecule has 106 valence electrons. The molecule has 1 aromatic rings. The van der Waals surface area contributed by atoms with E-state index in [2.05, 4.69) is 0 Å². The largest absolute Gasteiger partial charge is 0.378 e. The molecular weight excluding hydrogens is 254 g/mol. The smallest absolute Gasteiger partial charge is 0.227 e. The van der Waals surface area contributed by atoms with Gasteiger partial charge in [0.2, 0.25) is 5.91 Å².